The van der Waals surface area contributed by atoms with Crippen LogP contribution in [0.25, 0.3) is 0 Å². The lowest BCUT2D eigenvalue weighted by atomic mass is 10.1. The van der Waals surface area contributed by atoms with Crippen molar-refractivity contribution in [1.82, 2.24) is 5.32 Å². The third kappa shape index (κ3) is 5.71. The number of rotatable bonds is 5. The number of methoxy groups -OCH3 is 1. The van der Waals surface area contributed by atoms with Gasteiger partial charge in [-0.2, -0.15) is 0 Å². The fourth-order valence-corrected chi connectivity index (χ4v) is 2.37. The van der Waals surface area contributed by atoms with E-state index in [2.05, 4.69) is 57.9 Å². The quantitative estimate of drug-likeness (QED) is 0.803. The molecule has 1 aromatic carbocycles. The Bertz CT molecular complexity index is 430. The summed E-state index contributed by atoms with van der Waals surface area (Å²) in [7, 11) is 1.64. The Morgan fingerprint density at radius 3 is 2.21 bits per heavy atom. The Balaban J connectivity index is 2.69. The molecule has 1 unspecified atom stereocenters. The Labute approximate surface area is 132 Å². The second-order valence-corrected chi connectivity index (χ2v) is 7.19. The summed E-state index contributed by atoms with van der Waals surface area (Å²) in [4.78, 5) is 0. The van der Waals surface area contributed by atoms with Crippen LogP contribution in [0.15, 0.2) is 21.1 Å². The summed E-state index contributed by atoms with van der Waals surface area (Å²) in [5.74, 6) is 1.58. The maximum absolute atomic E-state index is 5.93. The first-order valence-electron chi connectivity index (χ1n) is 6.17. The zero-order chi connectivity index (χ0) is 14.6. The summed E-state index contributed by atoms with van der Waals surface area (Å²) in [5.41, 5.74) is 0.0926. The van der Waals surface area contributed by atoms with E-state index < -0.39 is 0 Å². The Kier molecular flexibility index (Phi) is 6.15. The van der Waals surface area contributed by atoms with Crippen molar-refractivity contribution in [2.75, 3.05) is 13.7 Å². The minimum atomic E-state index is 0.0795. The van der Waals surface area contributed by atoms with Crippen LogP contribution in [0, 0.1) is 0 Å². The molecule has 1 N–H and O–H groups in total. The van der Waals surface area contributed by atoms with Gasteiger partial charge >= 0.3 is 0 Å². The third-order valence-electron chi connectivity index (χ3n) is 2.45. The molecule has 3 nitrogen and oxygen atoms in total. The molecule has 0 aliphatic rings. The van der Waals surface area contributed by atoms with Gasteiger partial charge in [-0.25, -0.2) is 0 Å². The summed E-state index contributed by atoms with van der Waals surface area (Å²) in [6.45, 7) is 9.25. The first-order valence-corrected chi connectivity index (χ1v) is 7.76. The summed E-state index contributed by atoms with van der Waals surface area (Å²) in [6, 6.07) is 3.81. The van der Waals surface area contributed by atoms with Gasteiger partial charge in [0.05, 0.1) is 16.1 Å². The zero-order valence-corrected chi connectivity index (χ0v) is 15.2. The normalized spacial score (nSPS) is 13.2. The van der Waals surface area contributed by atoms with Crippen LogP contribution in [-0.2, 0) is 0 Å². The van der Waals surface area contributed by atoms with Crippen molar-refractivity contribution in [1.29, 1.82) is 0 Å². The van der Waals surface area contributed by atoms with E-state index in [0.29, 0.717) is 0 Å². The SMILES string of the molecule is COc1cc(Br)c(OC(C)CNC(C)(C)C)cc1Br. The van der Waals surface area contributed by atoms with Crippen molar-refractivity contribution in [2.24, 2.45) is 0 Å². The van der Waals surface area contributed by atoms with Crippen molar-refractivity contribution in [3.05, 3.63) is 21.1 Å². The number of halogens is 2. The monoisotopic (exact) mass is 393 g/mol. The molecule has 1 rings (SSSR count). The van der Waals surface area contributed by atoms with Gasteiger partial charge in [-0.15, -0.1) is 0 Å². The number of ether oxygens (including phenoxy) is 2. The standard InChI is InChI=1S/C14H21Br2NO2/c1-9(8-17-14(2,3)4)19-13-7-10(15)12(18-5)6-11(13)16/h6-7,9,17H,8H2,1-5H3. The molecule has 0 radical (unpaired) electrons. The van der Waals surface area contributed by atoms with E-state index >= 15 is 0 Å². The van der Waals surface area contributed by atoms with Crippen LogP contribution in [0.4, 0.5) is 0 Å². The van der Waals surface area contributed by atoms with E-state index in [0.717, 1.165) is 27.0 Å². The van der Waals surface area contributed by atoms with Gasteiger partial charge in [0.15, 0.2) is 0 Å². The fourth-order valence-electron chi connectivity index (χ4n) is 1.47. The summed E-state index contributed by atoms with van der Waals surface area (Å²) in [5, 5.41) is 3.42. The largest absolute Gasteiger partial charge is 0.496 e. The molecule has 108 valence electrons. The Hall–Kier alpha value is -0.260. The number of benzene rings is 1. The van der Waals surface area contributed by atoms with Crippen molar-refractivity contribution in [3.8, 4) is 11.5 Å². The van der Waals surface area contributed by atoms with Crippen LogP contribution < -0.4 is 14.8 Å². The van der Waals surface area contributed by atoms with E-state index in [-0.39, 0.29) is 11.6 Å². The van der Waals surface area contributed by atoms with Gasteiger partial charge in [-0.1, -0.05) is 0 Å². The predicted octanol–water partition coefficient (Wildman–Crippen LogP) is 4.38. The molecule has 0 amide bonds. The first kappa shape index (κ1) is 16.8. The smallest absolute Gasteiger partial charge is 0.135 e. The lowest BCUT2D eigenvalue weighted by Crippen LogP contribution is -2.41. The predicted molar refractivity (Wildman–Crippen MR) is 86.2 cm³/mol. The van der Waals surface area contributed by atoms with Gasteiger partial charge in [-0.05, 0) is 71.7 Å². The third-order valence-corrected chi connectivity index (χ3v) is 3.69. The molecular weight excluding hydrogens is 374 g/mol. The lowest BCUT2D eigenvalue weighted by molar-refractivity contribution is 0.202. The van der Waals surface area contributed by atoms with Crippen LogP contribution in [0.3, 0.4) is 0 Å². The van der Waals surface area contributed by atoms with Gasteiger partial charge < -0.3 is 14.8 Å². The van der Waals surface area contributed by atoms with E-state index in [1.807, 2.05) is 19.1 Å². The second-order valence-electron chi connectivity index (χ2n) is 5.48. The second kappa shape index (κ2) is 6.95. The highest BCUT2D eigenvalue weighted by Gasteiger charge is 2.14. The molecule has 0 heterocycles. The maximum Gasteiger partial charge on any atom is 0.135 e. The van der Waals surface area contributed by atoms with Crippen LogP contribution in [0.2, 0.25) is 0 Å². The van der Waals surface area contributed by atoms with E-state index in [1.54, 1.807) is 7.11 Å². The highest BCUT2D eigenvalue weighted by molar-refractivity contribution is 9.11. The first-order chi connectivity index (χ1) is 8.73. The summed E-state index contributed by atoms with van der Waals surface area (Å²) < 4.78 is 12.9. The Morgan fingerprint density at radius 2 is 1.68 bits per heavy atom. The van der Waals surface area contributed by atoms with Crippen molar-refractivity contribution >= 4 is 31.9 Å². The van der Waals surface area contributed by atoms with Crippen LogP contribution in [0.5, 0.6) is 11.5 Å². The molecule has 0 spiro atoms. The molecule has 1 atom stereocenters. The molecule has 1 aromatic rings. The highest BCUT2D eigenvalue weighted by atomic mass is 79.9. The van der Waals surface area contributed by atoms with Gasteiger partial charge in [0, 0.05) is 12.1 Å². The van der Waals surface area contributed by atoms with Gasteiger partial charge in [-0.3, -0.25) is 0 Å². The summed E-state index contributed by atoms with van der Waals surface area (Å²) >= 11 is 6.96. The minimum absolute atomic E-state index is 0.0795. The van der Waals surface area contributed by atoms with Crippen LogP contribution in [-0.4, -0.2) is 25.3 Å². The molecule has 0 fully saturated rings. The minimum Gasteiger partial charge on any atom is -0.496 e. The van der Waals surface area contributed by atoms with E-state index in [1.165, 1.54) is 0 Å². The number of hydrogen-bond donors (Lipinski definition) is 1. The number of nitrogens with one attached hydrogen (secondary N) is 1. The lowest BCUT2D eigenvalue weighted by Gasteiger charge is -2.24. The molecule has 5 heteroatoms. The molecule has 0 saturated heterocycles. The molecule has 0 aromatic heterocycles. The fraction of sp³-hybridized carbons (Fsp3) is 0.571. The van der Waals surface area contributed by atoms with Gasteiger partial charge in [0.2, 0.25) is 0 Å². The molecule has 0 bridgehead atoms. The van der Waals surface area contributed by atoms with Crippen molar-refractivity contribution < 1.29 is 9.47 Å². The average Bonchev–Trinajstić information content (AvgIpc) is 2.30. The van der Waals surface area contributed by atoms with Crippen LogP contribution >= 0.6 is 31.9 Å². The molecule has 0 aliphatic heterocycles. The molecule has 0 aliphatic carbocycles. The highest BCUT2D eigenvalue weighted by Crippen LogP contribution is 2.36. The number of hydrogen-bond acceptors (Lipinski definition) is 3. The maximum atomic E-state index is 5.93. The topological polar surface area (TPSA) is 30.5 Å². The zero-order valence-electron chi connectivity index (χ0n) is 12.0. The van der Waals surface area contributed by atoms with Crippen molar-refractivity contribution in [2.45, 2.75) is 39.3 Å². The molecule has 0 saturated carbocycles. The molecule has 19 heavy (non-hydrogen) atoms. The Morgan fingerprint density at radius 1 is 1.16 bits per heavy atom. The van der Waals surface area contributed by atoms with Crippen molar-refractivity contribution in [3.63, 3.8) is 0 Å². The van der Waals surface area contributed by atoms with Gasteiger partial charge in [0.1, 0.15) is 17.6 Å². The molecular formula is C14H21Br2NO2. The average molecular weight is 395 g/mol. The van der Waals surface area contributed by atoms with E-state index in [9.17, 15) is 0 Å². The van der Waals surface area contributed by atoms with Crippen LogP contribution in [0.1, 0.15) is 27.7 Å². The van der Waals surface area contributed by atoms with Gasteiger partial charge in [0.25, 0.3) is 0 Å². The summed E-state index contributed by atoms with van der Waals surface area (Å²) in [6.07, 6.45) is 0.0795. The van der Waals surface area contributed by atoms with E-state index in [4.69, 9.17) is 9.47 Å².